The summed E-state index contributed by atoms with van der Waals surface area (Å²) >= 11 is 0. The predicted molar refractivity (Wildman–Crippen MR) is 115 cm³/mol. The van der Waals surface area contributed by atoms with Crippen LogP contribution in [0.1, 0.15) is 92.4 Å². The molecule has 0 aromatic carbocycles. The summed E-state index contributed by atoms with van der Waals surface area (Å²) in [5, 5.41) is 19.3. The van der Waals surface area contributed by atoms with Crippen LogP contribution in [-0.4, -0.2) is 35.1 Å². The van der Waals surface area contributed by atoms with E-state index < -0.39 is 0 Å². The predicted octanol–water partition coefficient (Wildman–Crippen LogP) is 5.43. The van der Waals surface area contributed by atoms with Gasteiger partial charge in [0.05, 0.1) is 11.7 Å². The van der Waals surface area contributed by atoms with Crippen molar-refractivity contribution in [1.82, 2.24) is 0 Å². The topological polar surface area (TPSA) is 49.7 Å². The van der Waals surface area contributed by atoms with Crippen LogP contribution < -0.4 is 0 Å². The minimum absolute atomic E-state index is 0.172. The second-order valence-corrected chi connectivity index (χ2v) is 11.3. The molecule has 164 valence electrons. The Morgan fingerprint density at radius 3 is 2.36 bits per heavy atom. The molecule has 0 unspecified atom stereocenters. The van der Waals surface area contributed by atoms with Gasteiger partial charge in [-0.3, -0.25) is 0 Å². The van der Waals surface area contributed by atoms with Crippen LogP contribution in [0.15, 0.2) is 0 Å². The first-order valence-corrected chi connectivity index (χ1v) is 12.2. The van der Waals surface area contributed by atoms with Crippen molar-refractivity contribution < 1.29 is 14.9 Å². The standard InChI is InChI=1S/C25H46O3/c1-17(2)7-6-8-18(3)19-9-10-20-23-21(11-13-24(19,20)4)25(5,14-16-27)28-22(23)12-15-26/h17-23,26-27H,6-16H2,1-5H3/t18-,19-,20+,21+,22-,23+,24-,25+/m1/s1. The number of fused-ring (bicyclic) bond motifs is 3. The molecule has 1 heterocycles. The van der Waals surface area contributed by atoms with Gasteiger partial charge in [0.25, 0.3) is 0 Å². The third-order valence-corrected chi connectivity index (χ3v) is 9.19. The van der Waals surface area contributed by atoms with Gasteiger partial charge in [-0.2, -0.15) is 0 Å². The summed E-state index contributed by atoms with van der Waals surface area (Å²) in [6.45, 7) is 12.4. The zero-order valence-electron chi connectivity index (χ0n) is 19.1. The van der Waals surface area contributed by atoms with Crippen molar-refractivity contribution in [3.63, 3.8) is 0 Å². The van der Waals surface area contributed by atoms with Gasteiger partial charge in [-0.15, -0.1) is 0 Å². The Hall–Kier alpha value is -0.120. The zero-order valence-corrected chi connectivity index (χ0v) is 19.1. The highest BCUT2D eigenvalue weighted by Crippen LogP contribution is 2.66. The van der Waals surface area contributed by atoms with Crippen LogP contribution in [-0.2, 0) is 4.74 Å². The zero-order chi connectivity index (χ0) is 20.5. The Labute approximate surface area is 173 Å². The summed E-state index contributed by atoms with van der Waals surface area (Å²) in [6, 6.07) is 0. The molecule has 3 aliphatic rings. The van der Waals surface area contributed by atoms with E-state index in [1.54, 1.807) is 0 Å². The molecule has 0 amide bonds. The molecule has 1 saturated heterocycles. The molecule has 3 heteroatoms. The maximum absolute atomic E-state index is 9.67. The van der Waals surface area contributed by atoms with Gasteiger partial charge in [-0.05, 0) is 86.4 Å². The van der Waals surface area contributed by atoms with Gasteiger partial charge in [0.1, 0.15) is 0 Å². The van der Waals surface area contributed by atoms with Crippen molar-refractivity contribution in [2.45, 2.75) is 104 Å². The Kier molecular flexibility index (Phi) is 7.20. The maximum atomic E-state index is 9.67. The largest absolute Gasteiger partial charge is 0.396 e. The fourth-order valence-corrected chi connectivity index (χ4v) is 7.81. The molecule has 2 saturated carbocycles. The summed E-state index contributed by atoms with van der Waals surface area (Å²) in [4.78, 5) is 0. The molecular weight excluding hydrogens is 348 g/mol. The second kappa shape index (κ2) is 8.94. The van der Waals surface area contributed by atoms with Crippen molar-refractivity contribution in [2.75, 3.05) is 13.2 Å². The molecule has 0 radical (unpaired) electrons. The Balaban J connectivity index is 1.76. The van der Waals surface area contributed by atoms with Crippen LogP contribution in [0.25, 0.3) is 0 Å². The smallest absolute Gasteiger partial charge is 0.0712 e. The molecule has 0 aromatic rings. The molecule has 0 aromatic heterocycles. The van der Waals surface area contributed by atoms with Crippen molar-refractivity contribution >= 4 is 0 Å². The molecule has 0 spiro atoms. The van der Waals surface area contributed by atoms with Crippen molar-refractivity contribution in [3.8, 4) is 0 Å². The Morgan fingerprint density at radius 2 is 1.71 bits per heavy atom. The van der Waals surface area contributed by atoms with Gasteiger partial charge >= 0.3 is 0 Å². The lowest BCUT2D eigenvalue weighted by atomic mass is 9.53. The van der Waals surface area contributed by atoms with Crippen LogP contribution in [0.5, 0.6) is 0 Å². The van der Waals surface area contributed by atoms with Crippen LogP contribution in [0.3, 0.4) is 0 Å². The lowest BCUT2D eigenvalue weighted by Gasteiger charge is -2.50. The van der Waals surface area contributed by atoms with Gasteiger partial charge < -0.3 is 14.9 Å². The first-order chi connectivity index (χ1) is 13.3. The first-order valence-electron chi connectivity index (χ1n) is 12.2. The van der Waals surface area contributed by atoms with E-state index >= 15 is 0 Å². The summed E-state index contributed by atoms with van der Waals surface area (Å²) < 4.78 is 6.60. The monoisotopic (exact) mass is 394 g/mol. The molecule has 0 bridgehead atoms. The van der Waals surface area contributed by atoms with Crippen molar-refractivity contribution in [2.24, 2.45) is 40.9 Å². The molecule has 1 aliphatic heterocycles. The van der Waals surface area contributed by atoms with E-state index in [0.29, 0.717) is 17.3 Å². The molecule has 3 fully saturated rings. The van der Waals surface area contributed by atoms with E-state index in [2.05, 4.69) is 34.6 Å². The third kappa shape index (κ3) is 4.05. The van der Waals surface area contributed by atoms with Gasteiger partial charge in [0, 0.05) is 13.2 Å². The van der Waals surface area contributed by atoms with E-state index in [1.165, 1.54) is 44.9 Å². The third-order valence-electron chi connectivity index (χ3n) is 9.19. The minimum atomic E-state index is -0.207. The quantitative estimate of drug-likeness (QED) is 0.548. The van der Waals surface area contributed by atoms with Gasteiger partial charge in [-0.1, -0.05) is 47.0 Å². The van der Waals surface area contributed by atoms with Gasteiger partial charge in [0.2, 0.25) is 0 Å². The van der Waals surface area contributed by atoms with E-state index in [4.69, 9.17) is 4.74 Å². The molecule has 28 heavy (non-hydrogen) atoms. The number of ether oxygens (including phenoxy) is 1. The molecule has 8 atom stereocenters. The number of hydrogen-bond donors (Lipinski definition) is 2. The SMILES string of the molecule is CC(C)CCC[C@@H](C)[C@H]1CC[C@H]2[C@@H]3[C@@H](CCO)O[C@@](C)(CCO)[C@H]3CC[C@]12C. The molecule has 2 aliphatic carbocycles. The highest BCUT2D eigenvalue weighted by atomic mass is 16.5. The lowest BCUT2D eigenvalue weighted by molar-refractivity contribution is -0.0657. The summed E-state index contributed by atoms with van der Waals surface area (Å²) in [5.41, 5.74) is 0.224. The van der Waals surface area contributed by atoms with E-state index in [9.17, 15) is 10.2 Å². The highest BCUT2D eigenvalue weighted by Gasteiger charge is 2.62. The van der Waals surface area contributed by atoms with E-state index in [0.717, 1.165) is 36.5 Å². The Bertz CT molecular complexity index is 506. The highest BCUT2D eigenvalue weighted by molar-refractivity contribution is 5.11. The number of hydrogen-bond acceptors (Lipinski definition) is 3. The van der Waals surface area contributed by atoms with Crippen LogP contribution in [0.4, 0.5) is 0 Å². The molecule has 3 rings (SSSR count). The van der Waals surface area contributed by atoms with E-state index in [1.807, 2.05) is 0 Å². The number of aliphatic hydroxyl groups is 2. The molecule has 3 nitrogen and oxygen atoms in total. The Morgan fingerprint density at radius 1 is 0.964 bits per heavy atom. The molecule has 2 N–H and O–H groups in total. The lowest BCUT2D eigenvalue weighted by Crippen LogP contribution is -2.47. The van der Waals surface area contributed by atoms with Crippen molar-refractivity contribution in [1.29, 1.82) is 0 Å². The average molecular weight is 395 g/mol. The van der Waals surface area contributed by atoms with Gasteiger partial charge in [0.15, 0.2) is 0 Å². The number of aliphatic hydroxyl groups excluding tert-OH is 2. The summed E-state index contributed by atoms with van der Waals surface area (Å²) in [7, 11) is 0. The minimum Gasteiger partial charge on any atom is -0.396 e. The van der Waals surface area contributed by atoms with Crippen LogP contribution in [0, 0.1) is 40.9 Å². The van der Waals surface area contributed by atoms with Crippen molar-refractivity contribution in [3.05, 3.63) is 0 Å². The summed E-state index contributed by atoms with van der Waals surface area (Å²) in [5.74, 6) is 4.30. The molecular formula is C25H46O3. The fraction of sp³-hybridized carbons (Fsp3) is 1.00. The average Bonchev–Trinajstić information content (AvgIpc) is 3.10. The summed E-state index contributed by atoms with van der Waals surface area (Å²) in [6.07, 6.45) is 11.0. The normalized spacial score (nSPS) is 43.9. The fourth-order valence-electron chi connectivity index (χ4n) is 7.81. The van der Waals surface area contributed by atoms with Crippen LogP contribution in [0.2, 0.25) is 0 Å². The maximum Gasteiger partial charge on any atom is 0.0712 e. The second-order valence-electron chi connectivity index (χ2n) is 11.3. The van der Waals surface area contributed by atoms with E-state index in [-0.39, 0.29) is 24.9 Å². The van der Waals surface area contributed by atoms with Crippen LogP contribution >= 0.6 is 0 Å². The van der Waals surface area contributed by atoms with Gasteiger partial charge in [-0.25, -0.2) is 0 Å². The number of rotatable bonds is 9. The first kappa shape index (κ1) is 22.6.